The van der Waals surface area contributed by atoms with E-state index in [-0.39, 0.29) is 17.0 Å². The van der Waals surface area contributed by atoms with Crippen molar-refractivity contribution in [1.29, 1.82) is 0 Å². The second-order valence-electron chi connectivity index (χ2n) is 7.45. The molecule has 2 aromatic heterocycles. The van der Waals surface area contributed by atoms with Crippen LogP contribution in [0, 0.1) is 0 Å². The van der Waals surface area contributed by atoms with Gasteiger partial charge in [-0.25, -0.2) is 13.4 Å². The fourth-order valence-corrected chi connectivity index (χ4v) is 4.65. The van der Waals surface area contributed by atoms with Gasteiger partial charge in [-0.2, -0.15) is 9.61 Å². The van der Waals surface area contributed by atoms with Crippen molar-refractivity contribution in [2.45, 2.75) is 36.1 Å². The number of nitrogens with zero attached hydrogens (tertiary/aromatic N) is 3. The number of aliphatic hydroxyl groups is 1. The van der Waals surface area contributed by atoms with Gasteiger partial charge in [-0.3, -0.25) is 0 Å². The smallest absolute Gasteiger partial charge is 0.175 e. The van der Waals surface area contributed by atoms with Gasteiger partial charge < -0.3 is 15.7 Å². The van der Waals surface area contributed by atoms with E-state index < -0.39 is 9.84 Å². The van der Waals surface area contributed by atoms with Crippen LogP contribution in [0.1, 0.15) is 25.7 Å². The van der Waals surface area contributed by atoms with Crippen molar-refractivity contribution in [3.63, 3.8) is 0 Å². The molecule has 1 fully saturated rings. The Bertz CT molecular complexity index is 1140. The Hall–Kier alpha value is -2.17. The van der Waals surface area contributed by atoms with E-state index in [0.29, 0.717) is 17.3 Å². The number of hydrogen-bond acceptors (Lipinski definition) is 7. The van der Waals surface area contributed by atoms with Crippen molar-refractivity contribution in [1.82, 2.24) is 14.6 Å². The molecule has 0 saturated heterocycles. The number of rotatable bonds is 6. The van der Waals surface area contributed by atoms with Crippen molar-refractivity contribution in [2.75, 3.05) is 23.5 Å². The number of hydrogen-bond donors (Lipinski definition) is 3. The SMILES string of the molecule is CS(=O)(=O)c1ccc(Nc2cc(NC3(CO)CCCC3)nc3c(Br)cnn23)cc1. The average molecular weight is 480 g/mol. The topological polar surface area (TPSA) is 109 Å². The quantitative estimate of drug-likeness (QED) is 0.497. The van der Waals surface area contributed by atoms with Crippen LogP contribution < -0.4 is 10.6 Å². The zero-order chi connectivity index (χ0) is 20.6. The van der Waals surface area contributed by atoms with Crippen LogP contribution in [0.5, 0.6) is 0 Å². The molecule has 1 aromatic carbocycles. The molecule has 1 saturated carbocycles. The van der Waals surface area contributed by atoms with Crippen molar-refractivity contribution in [2.24, 2.45) is 0 Å². The lowest BCUT2D eigenvalue weighted by Gasteiger charge is -2.29. The molecule has 29 heavy (non-hydrogen) atoms. The van der Waals surface area contributed by atoms with E-state index in [2.05, 4.69) is 36.6 Å². The number of sulfone groups is 1. The highest BCUT2D eigenvalue weighted by Gasteiger charge is 2.33. The minimum Gasteiger partial charge on any atom is -0.394 e. The van der Waals surface area contributed by atoms with E-state index in [1.54, 1.807) is 35.0 Å². The van der Waals surface area contributed by atoms with Gasteiger partial charge in [-0.05, 0) is 53.0 Å². The molecule has 0 atom stereocenters. The fourth-order valence-electron chi connectivity index (χ4n) is 3.67. The van der Waals surface area contributed by atoms with E-state index in [1.807, 2.05) is 6.07 Å². The van der Waals surface area contributed by atoms with Crippen LogP contribution in [-0.2, 0) is 9.84 Å². The Morgan fingerprint density at radius 2 is 1.93 bits per heavy atom. The summed E-state index contributed by atoms with van der Waals surface area (Å²) in [7, 11) is -3.25. The summed E-state index contributed by atoms with van der Waals surface area (Å²) in [6, 6.07) is 8.38. The van der Waals surface area contributed by atoms with Gasteiger partial charge in [0.2, 0.25) is 0 Å². The summed E-state index contributed by atoms with van der Waals surface area (Å²) >= 11 is 3.48. The molecule has 154 valence electrons. The number of halogens is 1. The number of fused-ring (bicyclic) bond motifs is 1. The molecule has 1 aliphatic carbocycles. The Morgan fingerprint density at radius 1 is 1.24 bits per heavy atom. The van der Waals surface area contributed by atoms with Gasteiger partial charge in [0, 0.05) is 18.0 Å². The number of aromatic nitrogens is 3. The van der Waals surface area contributed by atoms with E-state index in [9.17, 15) is 13.5 Å². The lowest BCUT2D eigenvalue weighted by molar-refractivity contribution is 0.214. The molecule has 0 amide bonds. The van der Waals surface area contributed by atoms with Crippen LogP contribution in [0.25, 0.3) is 5.65 Å². The molecular weight excluding hydrogens is 458 g/mol. The Labute approximate surface area is 177 Å². The van der Waals surface area contributed by atoms with Crippen molar-refractivity contribution in [3.05, 3.63) is 41.0 Å². The van der Waals surface area contributed by atoms with Gasteiger partial charge in [0.15, 0.2) is 15.5 Å². The highest BCUT2D eigenvalue weighted by atomic mass is 79.9. The Kier molecular flexibility index (Phi) is 5.26. The minimum atomic E-state index is -3.25. The van der Waals surface area contributed by atoms with Gasteiger partial charge in [-0.15, -0.1) is 0 Å². The molecule has 3 N–H and O–H groups in total. The number of nitrogens with one attached hydrogen (secondary N) is 2. The zero-order valence-electron chi connectivity index (χ0n) is 15.9. The van der Waals surface area contributed by atoms with E-state index >= 15 is 0 Å². The van der Waals surface area contributed by atoms with Gasteiger partial charge in [0.05, 0.1) is 27.7 Å². The predicted molar refractivity (Wildman–Crippen MR) is 115 cm³/mol. The van der Waals surface area contributed by atoms with Gasteiger partial charge in [0.1, 0.15) is 11.6 Å². The summed E-state index contributed by atoms with van der Waals surface area (Å²) < 4.78 is 25.8. The highest BCUT2D eigenvalue weighted by Crippen LogP contribution is 2.34. The summed E-state index contributed by atoms with van der Waals surface area (Å²) in [6.07, 6.45) is 6.79. The first-order chi connectivity index (χ1) is 13.8. The summed E-state index contributed by atoms with van der Waals surface area (Å²) in [5, 5.41) is 21.0. The molecule has 0 bridgehead atoms. The molecule has 10 heteroatoms. The normalized spacial score (nSPS) is 16.2. The average Bonchev–Trinajstić information content (AvgIpc) is 3.30. The lowest BCUT2D eigenvalue weighted by atomic mass is 9.99. The van der Waals surface area contributed by atoms with Gasteiger partial charge >= 0.3 is 0 Å². The standard InChI is InChI=1S/C19H22BrN5O3S/c1-29(27,28)14-6-4-13(5-7-14)22-17-10-16(23-18-15(20)11-21-25(17)18)24-19(12-26)8-2-3-9-19/h4-7,10-11,22,26H,2-3,8-9,12H2,1H3,(H,23,24). The third-order valence-corrected chi connectivity index (χ3v) is 6.93. The van der Waals surface area contributed by atoms with Crippen LogP contribution >= 0.6 is 15.9 Å². The first-order valence-electron chi connectivity index (χ1n) is 9.30. The third kappa shape index (κ3) is 4.10. The van der Waals surface area contributed by atoms with E-state index in [4.69, 9.17) is 0 Å². The van der Waals surface area contributed by atoms with Crippen LogP contribution in [-0.4, -0.2) is 46.5 Å². The Balaban J connectivity index is 1.69. The second-order valence-corrected chi connectivity index (χ2v) is 10.3. The molecule has 0 unspecified atom stereocenters. The molecule has 2 heterocycles. The first-order valence-corrected chi connectivity index (χ1v) is 12.0. The maximum Gasteiger partial charge on any atom is 0.175 e. The van der Waals surface area contributed by atoms with Gasteiger partial charge in [-0.1, -0.05) is 12.8 Å². The van der Waals surface area contributed by atoms with E-state index in [0.717, 1.165) is 35.8 Å². The monoisotopic (exact) mass is 479 g/mol. The number of aliphatic hydroxyl groups excluding tert-OH is 1. The first kappa shape index (κ1) is 20.1. The highest BCUT2D eigenvalue weighted by molar-refractivity contribution is 9.10. The number of benzene rings is 1. The molecule has 0 spiro atoms. The molecule has 1 aliphatic rings. The summed E-state index contributed by atoms with van der Waals surface area (Å²) in [4.78, 5) is 4.91. The summed E-state index contributed by atoms with van der Waals surface area (Å²) in [5.74, 6) is 1.31. The minimum absolute atomic E-state index is 0.0516. The van der Waals surface area contributed by atoms with Crippen molar-refractivity contribution >= 4 is 48.7 Å². The van der Waals surface area contributed by atoms with Crippen LogP contribution in [0.15, 0.2) is 45.9 Å². The number of anilines is 3. The van der Waals surface area contributed by atoms with Crippen LogP contribution in [0.4, 0.5) is 17.3 Å². The fraction of sp³-hybridized carbons (Fsp3) is 0.368. The summed E-state index contributed by atoms with van der Waals surface area (Å²) in [6.45, 7) is 0.0516. The van der Waals surface area contributed by atoms with E-state index in [1.165, 1.54) is 6.26 Å². The van der Waals surface area contributed by atoms with Crippen LogP contribution in [0.3, 0.4) is 0 Å². The van der Waals surface area contributed by atoms with Crippen molar-refractivity contribution < 1.29 is 13.5 Å². The van der Waals surface area contributed by atoms with Gasteiger partial charge in [0.25, 0.3) is 0 Å². The van der Waals surface area contributed by atoms with Crippen LogP contribution in [0.2, 0.25) is 0 Å². The zero-order valence-corrected chi connectivity index (χ0v) is 18.3. The molecule has 4 rings (SSSR count). The summed E-state index contributed by atoms with van der Waals surface area (Å²) in [5.41, 5.74) is 1.00. The molecule has 0 aliphatic heterocycles. The molecule has 0 radical (unpaired) electrons. The van der Waals surface area contributed by atoms with Crippen molar-refractivity contribution in [3.8, 4) is 0 Å². The predicted octanol–water partition coefficient (Wildman–Crippen LogP) is 3.36. The lowest BCUT2D eigenvalue weighted by Crippen LogP contribution is -2.39. The molecule has 3 aromatic rings. The second kappa shape index (κ2) is 7.58. The Morgan fingerprint density at radius 3 is 2.55 bits per heavy atom. The maximum atomic E-state index is 11.7. The third-order valence-electron chi connectivity index (χ3n) is 5.24. The largest absolute Gasteiger partial charge is 0.394 e. The molecular formula is C19H22BrN5O3S. The molecule has 8 nitrogen and oxygen atoms in total. The maximum absolute atomic E-state index is 11.7.